The second kappa shape index (κ2) is 11.4. The molecule has 2 heterocycles. The predicted octanol–water partition coefficient (Wildman–Crippen LogP) is 5.77. The summed E-state index contributed by atoms with van der Waals surface area (Å²) in [5, 5.41) is 5.47. The standard InChI is InChI=1S/C25H25N5O3S2.ClH/c1-29(2)23-15-9-18(17-26-23)22-14-16-24(34-22)35(32,33)30(3)21-12-10-20(11-13-21)28-25(31)27-19-7-5-4-6-8-19;/h4-17H,1-3H3,(H2,27,28,31);1H. The number of nitrogens with one attached hydrogen (secondary N) is 2. The maximum absolute atomic E-state index is 13.2. The van der Waals surface area contributed by atoms with Crippen molar-refractivity contribution in [1.29, 1.82) is 0 Å². The van der Waals surface area contributed by atoms with Crippen LogP contribution < -0.4 is 19.8 Å². The summed E-state index contributed by atoms with van der Waals surface area (Å²) in [5.41, 5.74) is 2.55. The van der Waals surface area contributed by atoms with Gasteiger partial charge in [0.2, 0.25) is 0 Å². The van der Waals surface area contributed by atoms with E-state index in [1.807, 2.05) is 49.3 Å². The van der Waals surface area contributed by atoms with Crippen LogP contribution in [0.25, 0.3) is 10.4 Å². The molecule has 0 radical (unpaired) electrons. The molecule has 0 bridgehead atoms. The summed E-state index contributed by atoms with van der Waals surface area (Å²) in [7, 11) is 1.58. The lowest BCUT2D eigenvalue weighted by Crippen LogP contribution is -2.25. The van der Waals surface area contributed by atoms with Gasteiger partial charge in [0.05, 0.1) is 5.69 Å². The summed E-state index contributed by atoms with van der Waals surface area (Å²) in [6, 6.07) is 22.5. The number of benzene rings is 2. The van der Waals surface area contributed by atoms with Crippen molar-refractivity contribution in [2.24, 2.45) is 0 Å². The van der Waals surface area contributed by atoms with Gasteiger partial charge < -0.3 is 15.5 Å². The largest absolute Gasteiger partial charge is 0.363 e. The van der Waals surface area contributed by atoms with Crippen LogP contribution in [0.1, 0.15) is 0 Å². The number of sulfonamides is 1. The molecule has 36 heavy (non-hydrogen) atoms. The second-order valence-corrected chi connectivity index (χ2v) is 11.2. The van der Waals surface area contributed by atoms with Crippen molar-refractivity contribution in [3.8, 4) is 10.4 Å². The van der Waals surface area contributed by atoms with E-state index in [1.165, 1.54) is 22.7 Å². The lowest BCUT2D eigenvalue weighted by Gasteiger charge is -2.19. The highest BCUT2D eigenvalue weighted by Gasteiger charge is 2.24. The zero-order valence-electron chi connectivity index (χ0n) is 19.9. The second-order valence-electron chi connectivity index (χ2n) is 7.88. The van der Waals surface area contributed by atoms with Gasteiger partial charge in [-0.1, -0.05) is 18.2 Å². The van der Waals surface area contributed by atoms with E-state index in [9.17, 15) is 13.2 Å². The van der Waals surface area contributed by atoms with Gasteiger partial charge in [0, 0.05) is 49.2 Å². The number of para-hydroxylation sites is 1. The van der Waals surface area contributed by atoms with Gasteiger partial charge in [0.1, 0.15) is 10.0 Å². The smallest absolute Gasteiger partial charge is 0.323 e. The van der Waals surface area contributed by atoms with E-state index >= 15 is 0 Å². The summed E-state index contributed by atoms with van der Waals surface area (Å²) >= 11 is 1.19. The molecule has 0 aliphatic heterocycles. The molecule has 11 heteroatoms. The van der Waals surface area contributed by atoms with Gasteiger partial charge in [-0.25, -0.2) is 18.2 Å². The van der Waals surface area contributed by atoms with Crippen molar-refractivity contribution in [3.05, 3.63) is 85.1 Å². The Hall–Kier alpha value is -3.60. The van der Waals surface area contributed by atoms with Crippen molar-refractivity contribution < 1.29 is 13.2 Å². The van der Waals surface area contributed by atoms with Gasteiger partial charge >= 0.3 is 6.03 Å². The number of halogens is 1. The van der Waals surface area contributed by atoms with Crippen molar-refractivity contribution in [3.63, 3.8) is 0 Å². The van der Waals surface area contributed by atoms with Gasteiger partial charge in [0.25, 0.3) is 10.0 Å². The molecule has 0 unspecified atom stereocenters. The predicted molar refractivity (Wildman–Crippen MR) is 150 cm³/mol. The topological polar surface area (TPSA) is 94.6 Å². The summed E-state index contributed by atoms with van der Waals surface area (Å²) in [6.07, 6.45) is 1.74. The molecule has 0 aliphatic rings. The van der Waals surface area contributed by atoms with Gasteiger partial charge in [-0.3, -0.25) is 4.31 Å². The van der Waals surface area contributed by atoms with Crippen LogP contribution >= 0.6 is 23.7 Å². The Morgan fingerprint density at radius 3 is 2.06 bits per heavy atom. The lowest BCUT2D eigenvalue weighted by atomic mass is 10.2. The van der Waals surface area contributed by atoms with Crippen LogP contribution in [0, 0.1) is 0 Å². The van der Waals surface area contributed by atoms with E-state index in [4.69, 9.17) is 0 Å². The zero-order chi connectivity index (χ0) is 25.0. The SMILES string of the molecule is CN(C)c1ccc(-c2ccc(S(=O)(=O)N(C)c3ccc(NC(=O)Nc4ccccc4)cc3)s2)cn1.Cl. The maximum Gasteiger partial charge on any atom is 0.323 e. The molecule has 188 valence electrons. The minimum absolute atomic E-state index is 0. The number of anilines is 4. The number of pyridine rings is 1. The van der Waals surface area contributed by atoms with Crippen LogP contribution in [-0.2, 0) is 10.0 Å². The van der Waals surface area contributed by atoms with Crippen molar-refractivity contribution in [1.82, 2.24) is 4.98 Å². The molecule has 0 fully saturated rings. The van der Waals surface area contributed by atoms with Crippen molar-refractivity contribution in [2.75, 3.05) is 41.0 Å². The van der Waals surface area contributed by atoms with Crippen LogP contribution in [0.2, 0.25) is 0 Å². The Kier molecular flexibility index (Phi) is 8.57. The average Bonchev–Trinajstić information content (AvgIpc) is 3.36. The summed E-state index contributed by atoms with van der Waals surface area (Å²) in [5.74, 6) is 0.827. The number of hydrogen-bond donors (Lipinski definition) is 2. The number of hydrogen-bond acceptors (Lipinski definition) is 6. The molecule has 0 aliphatic carbocycles. The Morgan fingerprint density at radius 1 is 0.833 bits per heavy atom. The van der Waals surface area contributed by atoms with Crippen LogP contribution in [0.3, 0.4) is 0 Å². The molecule has 0 spiro atoms. The van der Waals surface area contributed by atoms with Gasteiger partial charge in [0.15, 0.2) is 0 Å². The quantitative estimate of drug-likeness (QED) is 0.309. The molecule has 0 atom stereocenters. The third-order valence-corrected chi connectivity index (χ3v) is 8.59. The molecule has 2 N–H and O–H groups in total. The highest BCUT2D eigenvalue weighted by Crippen LogP contribution is 2.33. The van der Waals surface area contributed by atoms with E-state index < -0.39 is 10.0 Å². The lowest BCUT2D eigenvalue weighted by molar-refractivity contribution is 0.262. The number of carbonyl (C=O) groups excluding carboxylic acids is 1. The van der Waals surface area contributed by atoms with Crippen LogP contribution in [0.15, 0.2) is 89.3 Å². The maximum atomic E-state index is 13.2. The molecular formula is C25H26ClN5O3S2. The Labute approximate surface area is 221 Å². The Balaban J connectivity index is 0.00000361. The number of rotatable bonds is 7. The third-order valence-electron chi connectivity index (χ3n) is 5.21. The van der Waals surface area contributed by atoms with Gasteiger partial charge in [-0.15, -0.1) is 23.7 Å². The number of nitrogens with zero attached hydrogens (tertiary/aromatic N) is 3. The van der Waals surface area contributed by atoms with E-state index in [0.29, 0.717) is 17.1 Å². The van der Waals surface area contributed by atoms with E-state index in [1.54, 1.807) is 54.7 Å². The molecule has 2 aromatic carbocycles. The molecule has 2 aromatic heterocycles. The zero-order valence-corrected chi connectivity index (χ0v) is 22.3. The third kappa shape index (κ3) is 6.14. The average molecular weight is 544 g/mol. The summed E-state index contributed by atoms with van der Waals surface area (Å²) in [4.78, 5) is 19.3. The van der Waals surface area contributed by atoms with Crippen molar-refractivity contribution >= 4 is 62.7 Å². The molecule has 8 nitrogen and oxygen atoms in total. The Bertz CT molecular complexity index is 1410. The number of thiophene rings is 1. The molecule has 0 saturated carbocycles. The Morgan fingerprint density at radius 2 is 1.47 bits per heavy atom. The minimum Gasteiger partial charge on any atom is -0.363 e. The van der Waals surface area contributed by atoms with E-state index in [0.717, 1.165) is 16.3 Å². The monoisotopic (exact) mass is 543 g/mol. The highest BCUT2D eigenvalue weighted by molar-refractivity contribution is 7.94. The normalized spacial score (nSPS) is 10.8. The number of carbonyl (C=O) groups is 1. The first-order valence-electron chi connectivity index (χ1n) is 10.7. The number of aromatic nitrogens is 1. The number of urea groups is 1. The van der Waals surface area contributed by atoms with Gasteiger partial charge in [-0.2, -0.15) is 0 Å². The van der Waals surface area contributed by atoms with E-state index in [-0.39, 0.29) is 22.6 Å². The first kappa shape index (κ1) is 27.0. The van der Waals surface area contributed by atoms with Crippen molar-refractivity contribution in [2.45, 2.75) is 4.21 Å². The van der Waals surface area contributed by atoms with E-state index in [2.05, 4.69) is 15.6 Å². The number of amides is 2. The minimum atomic E-state index is -3.75. The fourth-order valence-electron chi connectivity index (χ4n) is 3.25. The molecule has 4 rings (SSSR count). The van der Waals surface area contributed by atoms with Crippen LogP contribution in [-0.4, -0.2) is 40.6 Å². The first-order chi connectivity index (χ1) is 16.7. The van der Waals surface area contributed by atoms with Gasteiger partial charge in [-0.05, 0) is 60.7 Å². The van der Waals surface area contributed by atoms with Crippen LogP contribution in [0.4, 0.5) is 27.7 Å². The molecule has 4 aromatic rings. The highest BCUT2D eigenvalue weighted by atomic mass is 35.5. The fraction of sp³-hybridized carbons (Fsp3) is 0.120. The fourth-order valence-corrected chi connectivity index (χ4v) is 5.92. The molecular weight excluding hydrogens is 518 g/mol. The molecule has 2 amide bonds. The molecule has 0 saturated heterocycles. The summed E-state index contributed by atoms with van der Waals surface area (Å²) < 4.78 is 27.9. The first-order valence-corrected chi connectivity index (χ1v) is 13.0. The van der Waals surface area contributed by atoms with Crippen LogP contribution in [0.5, 0.6) is 0 Å². The summed E-state index contributed by atoms with van der Waals surface area (Å²) in [6.45, 7) is 0.